The predicted octanol–water partition coefficient (Wildman–Crippen LogP) is 0.0639. The van der Waals surface area contributed by atoms with Gasteiger partial charge < -0.3 is 25.5 Å². The third-order valence-corrected chi connectivity index (χ3v) is 2.83. The summed E-state index contributed by atoms with van der Waals surface area (Å²) in [5.41, 5.74) is 5.87. The lowest BCUT2D eigenvalue weighted by atomic mass is 10.3. The number of nitrogens with zero attached hydrogens (tertiary/aromatic N) is 4. The van der Waals surface area contributed by atoms with Crippen LogP contribution >= 0.6 is 7.60 Å². The molecule has 0 atom stereocenters. The normalized spacial score (nSPS) is 11.9. The van der Waals surface area contributed by atoms with Gasteiger partial charge in [0, 0.05) is 6.42 Å². The van der Waals surface area contributed by atoms with Gasteiger partial charge in [-0.15, -0.1) is 4.73 Å². The zero-order chi connectivity index (χ0) is 14.9. The largest absolute Gasteiger partial charge is 0.450 e. The van der Waals surface area contributed by atoms with Crippen molar-refractivity contribution in [3.63, 3.8) is 0 Å². The van der Waals surface area contributed by atoms with Crippen LogP contribution in [0, 0.1) is 0 Å². The van der Waals surface area contributed by atoms with Gasteiger partial charge in [-0.25, -0.2) is 9.97 Å². The zero-order valence-corrected chi connectivity index (χ0v) is 11.5. The number of ether oxygens (including phenoxy) is 1. The van der Waals surface area contributed by atoms with E-state index in [2.05, 4.69) is 15.0 Å². The summed E-state index contributed by atoms with van der Waals surface area (Å²) in [5.74, 6) is 0.480. The number of hydrogen-bond donors (Lipinski definition) is 4. The molecule has 10 nitrogen and oxygen atoms in total. The molecule has 0 fully saturated rings. The first kappa shape index (κ1) is 14.5. The van der Waals surface area contributed by atoms with Crippen molar-refractivity contribution in [2.24, 2.45) is 0 Å². The minimum atomic E-state index is -4.40. The van der Waals surface area contributed by atoms with Gasteiger partial charge in [-0.1, -0.05) is 6.92 Å². The van der Waals surface area contributed by atoms with Crippen molar-refractivity contribution in [1.82, 2.24) is 19.7 Å². The molecule has 2 heterocycles. The molecular formula is C9H14N5O5P. The smallest absolute Gasteiger partial charge is 0.362 e. The van der Waals surface area contributed by atoms with Gasteiger partial charge in [-0.3, -0.25) is 4.57 Å². The zero-order valence-electron chi connectivity index (χ0n) is 10.6. The number of fused-ring (bicyclic) bond motifs is 1. The molecule has 2 aliphatic heterocycles. The Kier molecular flexibility index (Phi) is 3.80. The molecule has 0 radical (unpaired) electrons. The molecule has 2 rings (SSSR count). The fraction of sp³-hybridized carbons (Fsp3) is 0.444. The summed E-state index contributed by atoms with van der Waals surface area (Å²) in [6.45, 7) is 1.95. The van der Waals surface area contributed by atoms with Gasteiger partial charge in [0.2, 0.25) is 5.82 Å². The third-order valence-electron chi connectivity index (χ3n) is 2.36. The minimum absolute atomic E-state index is 0.0293. The van der Waals surface area contributed by atoms with Crippen molar-refractivity contribution in [3.05, 3.63) is 5.82 Å². The Morgan fingerprint density at radius 1 is 1.35 bits per heavy atom. The summed E-state index contributed by atoms with van der Waals surface area (Å²) in [6.07, 6.45) is 0.491. The highest BCUT2D eigenvalue weighted by Gasteiger charge is 2.24. The molecule has 0 unspecified atom stereocenters. The van der Waals surface area contributed by atoms with Crippen LogP contribution in [0.3, 0.4) is 0 Å². The van der Waals surface area contributed by atoms with E-state index in [1.54, 1.807) is 0 Å². The Bertz CT molecular complexity index is 638. The number of imidazole rings is 1. The second-order valence-electron chi connectivity index (χ2n) is 4.09. The first-order chi connectivity index (χ1) is 9.31. The van der Waals surface area contributed by atoms with Crippen LogP contribution < -0.4 is 10.5 Å². The van der Waals surface area contributed by atoms with Gasteiger partial charge in [0.25, 0.3) is 0 Å². The second kappa shape index (κ2) is 5.23. The Morgan fingerprint density at radius 3 is 2.65 bits per heavy atom. The van der Waals surface area contributed by atoms with Crippen molar-refractivity contribution in [2.45, 2.75) is 19.8 Å². The van der Waals surface area contributed by atoms with Crippen molar-refractivity contribution < 1.29 is 24.3 Å². The fourth-order valence-corrected chi connectivity index (χ4v) is 1.85. The number of nitrogen functional groups attached to an aromatic ring is 1. The van der Waals surface area contributed by atoms with Crippen molar-refractivity contribution in [1.29, 1.82) is 0 Å². The molecule has 5 N–H and O–H groups in total. The lowest BCUT2D eigenvalue weighted by Gasteiger charge is -2.12. The average Bonchev–Trinajstić information content (AvgIpc) is 2.76. The summed E-state index contributed by atoms with van der Waals surface area (Å²) in [6, 6.07) is -0.457. The fourth-order valence-electron chi connectivity index (χ4n) is 1.56. The molecule has 0 aliphatic carbocycles. The number of aromatic nitrogens is 4. The number of aryl methyl sites for hydroxylation is 1. The van der Waals surface area contributed by atoms with E-state index in [4.69, 9.17) is 20.3 Å². The van der Waals surface area contributed by atoms with Crippen molar-refractivity contribution in [3.8, 4) is 17.5 Å². The third kappa shape index (κ3) is 2.98. The number of hydrogen-bond acceptors (Lipinski definition) is 7. The highest BCUT2D eigenvalue weighted by atomic mass is 31.2. The monoisotopic (exact) mass is 303 g/mol. The number of nitrogens with two attached hydrogens (primary N) is 1. The van der Waals surface area contributed by atoms with E-state index in [-0.39, 0.29) is 17.3 Å². The lowest BCUT2D eigenvalue weighted by Crippen LogP contribution is -2.12. The maximum Gasteiger partial charge on any atom is 0.362 e. The van der Waals surface area contributed by atoms with E-state index in [1.807, 2.05) is 6.92 Å². The topological polar surface area (TPSA) is 157 Å². The Labute approximate surface area is 113 Å². The van der Waals surface area contributed by atoms with Crippen LogP contribution in [0.1, 0.15) is 19.2 Å². The molecule has 110 valence electrons. The minimum Gasteiger partial charge on any atom is -0.450 e. The average molecular weight is 303 g/mol. The molecular weight excluding hydrogens is 289 g/mol. The van der Waals surface area contributed by atoms with Gasteiger partial charge in [0.05, 0.1) is 0 Å². The van der Waals surface area contributed by atoms with Crippen LogP contribution in [0.5, 0.6) is 6.01 Å². The summed E-state index contributed by atoms with van der Waals surface area (Å²) in [4.78, 5) is 29.4. The summed E-state index contributed by atoms with van der Waals surface area (Å²) in [5, 5.41) is 9.87. The number of anilines is 1. The van der Waals surface area contributed by atoms with E-state index in [9.17, 15) is 9.77 Å². The van der Waals surface area contributed by atoms with Crippen LogP contribution in [-0.2, 0) is 11.0 Å². The molecule has 0 saturated heterocycles. The van der Waals surface area contributed by atoms with E-state index in [0.717, 1.165) is 6.42 Å². The van der Waals surface area contributed by atoms with Crippen LogP contribution in [0.15, 0.2) is 0 Å². The Balaban J connectivity index is 2.40. The van der Waals surface area contributed by atoms with E-state index in [0.29, 0.717) is 17.0 Å². The van der Waals surface area contributed by atoms with Gasteiger partial charge in [0.1, 0.15) is 5.82 Å². The first-order valence-electron chi connectivity index (χ1n) is 5.73. The van der Waals surface area contributed by atoms with Crippen LogP contribution in [0.4, 0.5) is 5.82 Å². The Morgan fingerprint density at radius 2 is 2.05 bits per heavy atom. The molecule has 0 spiro atoms. The molecule has 0 bridgehead atoms. The van der Waals surface area contributed by atoms with E-state index >= 15 is 0 Å². The van der Waals surface area contributed by atoms with Gasteiger partial charge >= 0.3 is 13.6 Å². The van der Waals surface area contributed by atoms with Crippen LogP contribution in [0.2, 0.25) is 0 Å². The van der Waals surface area contributed by atoms with E-state index in [1.165, 1.54) is 0 Å². The molecule has 0 aromatic carbocycles. The van der Waals surface area contributed by atoms with Gasteiger partial charge in [-0.2, -0.15) is 4.98 Å². The first-order valence-corrected chi connectivity index (χ1v) is 7.53. The maximum atomic E-state index is 10.7. The number of rotatable bonds is 5. The van der Waals surface area contributed by atoms with Gasteiger partial charge in [-0.05, 0) is 6.42 Å². The standard InChI is InChI=1S/C9H14N5O5P/c1-2-3-5-11-6-7(10)13-9(14(15)8(6)12-5)19-4-20(16,17)18/h15H,2-4,10H2,1H3,(H2,16,17,18). The van der Waals surface area contributed by atoms with Crippen LogP contribution in [-0.4, -0.2) is 41.0 Å². The molecule has 0 saturated carbocycles. The summed E-state index contributed by atoms with van der Waals surface area (Å²) < 4.78 is 16.0. The molecule has 20 heavy (non-hydrogen) atoms. The SMILES string of the molecule is CCCc1nc2c(N)nc(OCP(=O)(O)O)n(O)c-2n1. The quantitative estimate of drug-likeness (QED) is 0.443. The molecule has 0 amide bonds. The second-order valence-corrected chi connectivity index (χ2v) is 5.68. The summed E-state index contributed by atoms with van der Waals surface area (Å²) in [7, 11) is -4.40. The molecule has 2 aliphatic rings. The summed E-state index contributed by atoms with van der Waals surface area (Å²) >= 11 is 0. The highest BCUT2D eigenvalue weighted by molar-refractivity contribution is 7.51. The Hall–Kier alpha value is -1.90. The van der Waals surface area contributed by atoms with Crippen molar-refractivity contribution >= 4 is 13.4 Å². The molecule has 0 aromatic heterocycles. The highest BCUT2D eigenvalue weighted by Crippen LogP contribution is 2.35. The maximum absolute atomic E-state index is 10.7. The molecule has 11 heteroatoms. The van der Waals surface area contributed by atoms with Crippen molar-refractivity contribution in [2.75, 3.05) is 12.1 Å². The lowest BCUT2D eigenvalue weighted by molar-refractivity contribution is 0.137. The molecule has 0 aromatic rings. The van der Waals surface area contributed by atoms with E-state index < -0.39 is 20.0 Å². The predicted molar refractivity (Wildman–Crippen MR) is 67.6 cm³/mol. The van der Waals surface area contributed by atoms with Crippen LogP contribution in [0.25, 0.3) is 11.5 Å². The van der Waals surface area contributed by atoms with Gasteiger partial charge in [0.15, 0.2) is 17.9 Å².